The van der Waals surface area contributed by atoms with Gasteiger partial charge in [0.25, 0.3) is 0 Å². The second-order valence-corrected chi connectivity index (χ2v) is 42.8. The molecule has 9 saturated heterocycles. The number of hydrogen-bond donors (Lipinski definition) is 4. The van der Waals surface area contributed by atoms with Crippen LogP contribution in [-0.4, -0.2) is 225 Å². The Morgan fingerprint density at radius 3 is 1.22 bits per heavy atom. The van der Waals surface area contributed by atoms with Crippen molar-refractivity contribution >= 4 is 30.3 Å². The summed E-state index contributed by atoms with van der Waals surface area (Å²) in [7, 11) is 0. The van der Waals surface area contributed by atoms with E-state index in [0.717, 1.165) is 135 Å². The number of nitrogens with zero attached hydrogens (tertiary/aromatic N) is 9. The standard InChI is InChI=1S/C30H57NO3.C26H46N8O2.C26H50N4O2/c1-22(18-27(4,5)6)16-24(3)33-15-14-31-29(10,11)20-25(21-30(31,12)13)34-26(32)17-23(2)19-28(7,8)9;1-23(2)9-17(10-24(3,4)27-23)29-13-31-19-20-33(21(31)35)15-30(16-34(20)22(36)32(19)14-29)18-11-25(5,6)28-26(7,8)12-18;1-20(32)30(22-17-25(6,7)28-26(8,9)18-22)14-12-10-11-13-29(19-31)21-15-23(2,3)27-24(4,5)16-21/h22-23,25H,3,14-21H2,1-2,4-13H3;17-20,27-28H,9-16H2,1-8H3;19,21-22,27-28H,10-18H2,1-9H3. The van der Waals surface area contributed by atoms with Crippen molar-refractivity contribution < 1.29 is 33.4 Å². The minimum atomic E-state index is -0.174. The first kappa shape index (κ1) is 85.5. The lowest BCUT2D eigenvalue weighted by atomic mass is 9.78. The van der Waals surface area contributed by atoms with Gasteiger partial charge in [-0.05, 0) is 245 Å². The largest absolute Gasteiger partial charge is 0.497 e. The fourth-order valence-electron chi connectivity index (χ4n) is 21.8. The molecule has 0 aromatic heterocycles. The van der Waals surface area contributed by atoms with Gasteiger partial charge in [0, 0.05) is 132 Å². The molecule has 4 N–H and O–H groups in total. The topological polar surface area (TPSA) is 181 Å². The molecular formula is C82H153N13O7. The highest BCUT2D eigenvalue weighted by Gasteiger charge is 2.65. The van der Waals surface area contributed by atoms with Gasteiger partial charge in [0.05, 0.1) is 32.4 Å². The molecule has 0 bridgehead atoms. The van der Waals surface area contributed by atoms with Gasteiger partial charge in [0.1, 0.15) is 12.7 Å². The first-order valence-electron chi connectivity index (χ1n) is 39.9. The molecule has 6 amide bonds. The summed E-state index contributed by atoms with van der Waals surface area (Å²) >= 11 is 0. The van der Waals surface area contributed by atoms with E-state index in [1.54, 1.807) is 6.92 Å². The molecule has 9 heterocycles. The quantitative estimate of drug-likeness (QED) is 0.0348. The lowest BCUT2D eigenvalue weighted by molar-refractivity contribution is -0.162. The summed E-state index contributed by atoms with van der Waals surface area (Å²) < 4.78 is 12.1. The maximum Gasteiger partial charge on any atom is 0.325 e. The van der Waals surface area contributed by atoms with E-state index in [1.807, 2.05) is 24.5 Å². The third kappa shape index (κ3) is 23.6. The summed E-state index contributed by atoms with van der Waals surface area (Å²) in [6.07, 6.45) is 16.9. The van der Waals surface area contributed by atoms with Crippen molar-refractivity contribution in [2.24, 2.45) is 22.7 Å². The van der Waals surface area contributed by atoms with Crippen LogP contribution in [0.2, 0.25) is 0 Å². The molecule has 0 aliphatic carbocycles. The smallest absolute Gasteiger partial charge is 0.325 e. The minimum absolute atomic E-state index is 0.0102. The lowest BCUT2D eigenvalue weighted by Crippen LogP contribution is -2.68. The van der Waals surface area contributed by atoms with E-state index >= 15 is 0 Å². The van der Waals surface area contributed by atoms with Crippen molar-refractivity contribution in [1.29, 1.82) is 0 Å². The Hall–Kier alpha value is -3.79. The van der Waals surface area contributed by atoms with E-state index in [0.29, 0.717) is 69.0 Å². The Labute approximate surface area is 622 Å². The van der Waals surface area contributed by atoms with Gasteiger partial charge in [-0.2, -0.15) is 0 Å². The molecule has 102 heavy (non-hydrogen) atoms. The van der Waals surface area contributed by atoms with Crippen LogP contribution < -0.4 is 21.3 Å². The number of unbranched alkanes of at least 4 members (excludes halogenated alkanes) is 2. The molecule has 588 valence electrons. The van der Waals surface area contributed by atoms with Crippen LogP contribution in [-0.2, 0) is 23.9 Å². The summed E-state index contributed by atoms with van der Waals surface area (Å²) in [5, 5.41) is 14.9. The first-order valence-corrected chi connectivity index (χ1v) is 39.9. The number of carbonyl (C=O) groups is 5. The number of nitrogens with one attached hydrogen (secondary N) is 4. The minimum Gasteiger partial charge on any atom is -0.497 e. The second kappa shape index (κ2) is 31.4. The predicted molar refractivity (Wildman–Crippen MR) is 415 cm³/mol. The molecule has 0 aromatic carbocycles. The van der Waals surface area contributed by atoms with Crippen LogP contribution in [0.25, 0.3) is 0 Å². The van der Waals surface area contributed by atoms with Crippen molar-refractivity contribution in [1.82, 2.24) is 65.4 Å². The number of amides is 6. The summed E-state index contributed by atoms with van der Waals surface area (Å²) in [5.74, 6) is 1.92. The Morgan fingerprint density at radius 1 is 0.520 bits per heavy atom. The van der Waals surface area contributed by atoms with Gasteiger partial charge >= 0.3 is 18.0 Å². The number of piperidine rings is 5. The second-order valence-electron chi connectivity index (χ2n) is 42.8. The first-order chi connectivity index (χ1) is 46.3. The van der Waals surface area contributed by atoms with Gasteiger partial charge < -0.3 is 40.5 Å². The average molecular weight is 1430 g/mol. The Morgan fingerprint density at radius 2 is 0.863 bits per heavy atom. The zero-order chi connectivity index (χ0) is 76.9. The van der Waals surface area contributed by atoms with E-state index < -0.39 is 0 Å². The zero-order valence-electron chi connectivity index (χ0n) is 70.5. The van der Waals surface area contributed by atoms with E-state index in [4.69, 9.17) is 9.47 Å². The van der Waals surface area contributed by atoms with Crippen LogP contribution >= 0.6 is 0 Å². The van der Waals surface area contributed by atoms with E-state index in [9.17, 15) is 24.0 Å². The molecular weight excluding hydrogens is 1280 g/mol. The van der Waals surface area contributed by atoms with Crippen molar-refractivity contribution in [3.8, 4) is 0 Å². The van der Waals surface area contributed by atoms with Crippen molar-refractivity contribution in [3.05, 3.63) is 12.3 Å². The number of urea groups is 2. The van der Waals surface area contributed by atoms with Crippen LogP contribution in [0.3, 0.4) is 0 Å². The normalized spacial score (nSPS) is 26.4. The zero-order valence-corrected chi connectivity index (χ0v) is 70.5. The van der Waals surface area contributed by atoms with E-state index in [2.05, 4.69) is 241 Å². The fourth-order valence-corrected chi connectivity index (χ4v) is 21.8. The van der Waals surface area contributed by atoms with E-state index in [1.165, 1.54) is 0 Å². The number of carbonyl (C=O) groups excluding carboxylic acids is 5. The molecule has 20 heteroatoms. The third-order valence-corrected chi connectivity index (χ3v) is 23.2. The number of likely N-dealkylation sites (tertiary alicyclic amines) is 1. The molecule has 0 aromatic rings. The average Bonchev–Trinajstić information content (AvgIpc) is 1.54. The number of rotatable bonds is 22. The molecule has 0 radical (unpaired) electrons. The predicted octanol–water partition coefficient (Wildman–Crippen LogP) is 14.3. The van der Waals surface area contributed by atoms with Gasteiger partial charge in [-0.3, -0.25) is 48.7 Å². The molecule has 9 fully saturated rings. The van der Waals surface area contributed by atoms with Gasteiger partial charge in [-0.1, -0.05) is 62.0 Å². The molecule has 2 atom stereocenters. The Bertz CT molecular complexity index is 2700. The number of allylic oxidation sites excluding steroid dienone is 1. The van der Waals surface area contributed by atoms with Crippen molar-refractivity contribution in [3.63, 3.8) is 0 Å². The fraction of sp³-hybridized carbons (Fsp3) is 0.915. The Kier molecular flexibility index (Phi) is 26.3. The van der Waals surface area contributed by atoms with Crippen LogP contribution in [0.4, 0.5) is 9.59 Å². The summed E-state index contributed by atoms with van der Waals surface area (Å²) in [6.45, 7) is 74.2. The van der Waals surface area contributed by atoms with Crippen LogP contribution in [0.15, 0.2) is 12.3 Å². The van der Waals surface area contributed by atoms with Gasteiger partial charge in [-0.25, -0.2) is 9.59 Å². The summed E-state index contributed by atoms with van der Waals surface area (Å²) in [4.78, 5) is 83.9. The SMILES string of the molecule is C=C(CC(C)CC(C)(C)C)OCCN1C(C)(C)CC(OC(=O)CC(C)CC(C)(C)C)CC1(C)C.CC(=O)N(CCCCCN(C=O)C1CC(C)(C)NC(C)(C)C1)C1CC(C)(C)NC(C)(C)C1.CC1(C)CC(N2CN3C(=O)N4CN(C5CC(C)(C)NC(C)(C)C5)CN5C(=O)N(C2)C3C45)CC(C)(C)N1. The summed E-state index contributed by atoms with van der Waals surface area (Å²) in [5.41, 5.74) is 0.570. The molecule has 9 aliphatic heterocycles. The maximum atomic E-state index is 13.8. The lowest BCUT2D eigenvalue weighted by Gasteiger charge is -2.54. The van der Waals surface area contributed by atoms with Crippen LogP contribution in [0, 0.1) is 22.7 Å². The molecule has 0 saturated carbocycles. The highest BCUT2D eigenvalue weighted by Crippen LogP contribution is 2.45. The van der Waals surface area contributed by atoms with Gasteiger partial charge in [-0.15, -0.1) is 0 Å². The molecule has 2 unspecified atom stereocenters. The van der Waals surface area contributed by atoms with Crippen molar-refractivity contribution in [2.45, 2.75) is 408 Å². The monoisotopic (exact) mass is 1430 g/mol. The molecule has 20 nitrogen and oxygen atoms in total. The Balaban J connectivity index is 0.000000215. The third-order valence-electron chi connectivity index (χ3n) is 23.2. The molecule has 9 rings (SSSR count). The highest BCUT2D eigenvalue weighted by molar-refractivity contribution is 5.86. The summed E-state index contributed by atoms with van der Waals surface area (Å²) in [6, 6.07) is 1.34. The number of esters is 1. The highest BCUT2D eigenvalue weighted by atomic mass is 16.5. The molecule has 9 aliphatic rings. The number of ether oxygens (including phenoxy) is 2. The number of hydrogen-bond acceptors (Lipinski definition) is 14. The molecule has 0 spiro atoms. The van der Waals surface area contributed by atoms with E-state index in [-0.39, 0.29) is 115 Å². The van der Waals surface area contributed by atoms with Crippen molar-refractivity contribution in [2.75, 3.05) is 52.9 Å². The maximum absolute atomic E-state index is 13.8. The van der Waals surface area contributed by atoms with Crippen LogP contribution in [0.5, 0.6) is 0 Å². The van der Waals surface area contributed by atoms with Gasteiger partial charge in [0.2, 0.25) is 12.3 Å². The van der Waals surface area contributed by atoms with Crippen LogP contribution in [0.1, 0.15) is 310 Å². The van der Waals surface area contributed by atoms with Gasteiger partial charge in [0.15, 0.2) is 12.3 Å².